The zero-order valence-electron chi connectivity index (χ0n) is 16.1. The van der Waals surface area contributed by atoms with Gasteiger partial charge in [0, 0.05) is 30.8 Å². The largest absolute Gasteiger partial charge is 0.507 e. The van der Waals surface area contributed by atoms with Crippen LogP contribution in [0.1, 0.15) is 30.0 Å². The molecule has 2 heterocycles. The third-order valence-electron chi connectivity index (χ3n) is 5.41. The van der Waals surface area contributed by atoms with E-state index in [2.05, 4.69) is 0 Å². The van der Waals surface area contributed by atoms with Crippen molar-refractivity contribution >= 4 is 23.1 Å². The number of amides is 1. The lowest BCUT2D eigenvalue weighted by atomic mass is 9.95. The second kappa shape index (κ2) is 8.08. The first-order chi connectivity index (χ1) is 14.5. The van der Waals surface area contributed by atoms with Crippen molar-refractivity contribution in [2.24, 2.45) is 0 Å². The highest BCUT2D eigenvalue weighted by molar-refractivity contribution is 6.46. The molecular weight excluding hydrogens is 388 g/mol. The quantitative estimate of drug-likeness (QED) is 0.267. The summed E-state index contributed by atoms with van der Waals surface area (Å²) in [6.07, 6.45) is 1.39. The van der Waals surface area contributed by atoms with Crippen molar-refractivity contribution in [1.82, 2.24) is 4.90 Å². The van der Waals surface area contributed by atoms with Crippen LogP contribution in [0.25, 0.3) is 5.76 Å². The van der Waals surface area contributed by atoms with Crippen LogP contribution < -0.4 is 0 Å². The van der Waals surface area contributed by atoms with Crippen molar-refractivity contribution < 1.29 is 24.4 Å². The van der Waals surface area contributed by atoms with Gasteiger partial charge in [0.1, 0.15) is 5.76 Å². The van der Waals surface area contributed by atoms with Crippen LogP contribution in [0.2, 0.25) is 0 Å². The van der Waals surface area contributed by atoms with Gasteiger partial charge in [0.25, 0.3) is 17.4 Å². The number of aliphatic hydroxyl groups is 1. The molecule has 2 atom stereocenters. The second-order valence-electron chi connectivity index (χ2n) is 7.30. The fraction of sp³-hybridized carbons (Fsp3) is 0.273. The molecule has 0 spiro atoms. The monoisotopic (exact) mass is 408 g/mol. The lowest BCUT2D eigenvalue weighted by Crippen LogP contribution is -2.36. The van der Waals surface area contributed by atoms with Crippen molar-refractivity contribution in [3.63, 3.8) is 0 Å². The minimum atomic E-state index is -0.936. The summed E-state index contributed by atoms with van der Waals surface area (Å²) in [5, 5.41) is 22.2. The predicted octanol–water partition coefficient (Wildman–Crippen LogP) is 3.20. The minimum absolute atomic E-state index is 0.0790. The number of hydrogen-bond donors (Lipinski definition) is 1. The summed E-state index contributed by atoms with van der Waals surface area (Å²) in [7, 11) is 0. The van der Waals surface area contributed by atoms with E-state index < -0.39 is 22.7 Å². The number of ketones is 1. The molecular formula is C22H20N2O6. The Morgan fingerprint density at radius 1 is 1.17 bits per heavy atom. The maximum absolute atomic E-state index is 12.9. The predicted molar refractivity (Wildman–Crippen MR) is 108 cm³/mol. The second-order valence-corrected chi connectivity index (χ2v) is 7.30. The Labute approximate surface area is 172 Å². The molecule has 1 amide bonds. The fourth-order valence-electron chi connectivity index (χ4n) is 3.98. The number of benzene rings is 2. The van der Waals surface area contributed by atoms with Crippen molar-refractivity contribution in [3.8, 4) is 0 Å². The SMILES string of the molecule is O=C1C(=O)N(CC2CCCO2)C(c2cccc([N+](=O)[O-])c2)/C1=C(/O)c1ccccc1. The van der Waals surface area contributed by atoms with Crippen LogP contribution in [-0.2, 0) is 14.3 Å². The standard InChI is InChI=1S/C22H20N2O6/c25-20(14-6-2-1-3-7-14)18-19(15-8-4-9-16(12-15)24(28)29)23(22(27)21(18)26)13-17-10-5-11-30-17/h1-4,6-9,12,17,19,25H,5,10-11,13H2/b20-18-. The van der Waals surface area contributed by atoms with Crippen LogP contribution in [0.5, 0.6) is 0 Å². The number of rotatable bonds is 5. The molecule has 8 nitrogen and oxygen atoms in total. The Bertz CT molecular complexity index is 1030. The summed E-state index contributed by atoms with van der Waals surface area (Å²) in [6.45, 7) is 0.754. The summed E-state index contributed by atoms with van der Waals surface area (Å²) in [4.78, 5) is 37.9. The highest BCUT2D eigenvalue weighted by Gasteiger charge is 2.47. The van der Waals surface area contributed by atoms with Gasteiger partial charge in [-0.15, -0.1) is 0 Å². The molecule has 0 aliphatic carbocycles. The normalized spacial score (nSPS) is 23.1. The first kappa shape index (κ1) is 19.8. The zero-order chi connectivity index (χ0) is 21.3. The number of likely N-dealkylation sites (tertiary alicyclic amines) is 1. The highest BCUT2D eigenvalue weighted by atomic mass is 16.6. The van der Waals surface area contributed by atoms with E-state index in [0.717, 1.165) is 12.8 Å². The average Bonchev–Trinajstić information content (AvgIpc) is 3.36. The van der Waals surface area contributed by atoms with Crippen molar-refractivity contribution in [1.29, 1.82) is 0 Å². The number of ether oxygens (including phenoxy) is 1. The van der Waals surface area contributed by atoms with E-state index in [1.54, 1.807) is 36.4 Å². The van der Waals surface area contributed by atoms with Crippen LogP contribution in [0.3, 0.4) is 0 Å². The minimum Gasteiger partial charge on any atom is -0.507 e. The lowest BCUT2D eigenvalue weighted by molar-refractivity contribution is -0.384. The number of non-ortho nitro benzene ring substituents is 1. The van der Waals surface area contributed by atoms with Gasteiger partial charge in [-0.2, -0.15) is 0 Å². The molecule has 0 bridgehead atoms. The maximum Gasteiger partial charge on any atom is 0.295 e. The molecule has 4 rings (SSSR count). The number of carbonyl (C=O) groups excluding carboxylic acids is 2. The van der Waals surface area contributed by atoms with E-state index in [1.807, 2.05) is 0 Å². The van der Waals surface area contributed by atoms with E-state index in [0.29, 0.717) is 17.7 Å². The summed E-state index contributed by atoms with van der Waals surface area (Å²) in [5.74, 6) is -1.87. The Balaban J connectivity index is 1.85. The molecule has 0 radical (unpaired) electrons. The van der Waals surface area contributed by atoms with Gasteiger partial charge in [-0.05, 0) is 18.4 Å². The van der Waals surface area contributed by atoms with Crippen LogP contribution in [0.4, 0.5) is 5.69 Å². The number of aliphatic hydroxyl groups excluding tert-OH is 1. The summed E-state index contributed by atoms with van der Waals surface area (Å²) in [6, 6.07) is 13.3. The van der Waals surface area contributed by atoms with Gasteiger partial charge in [0.05, 0.1) is 22.6 Å². The summed E-state index contributed by atoms with van der Waals surface area (Å²) in [5.41, 5.74) is 0.543. The molecule has 8 heteroatoms. The molecule has 2 fully saturated rings. The van der Waals surface area contributed by atoms with Gasteiger partial charge < -0.3 is 14.7 Å². The third kappa shape index (κ3) is 3.57. The fourth-order valence-corrected chi connectivity index (χ4v) is 3.98. The van der Waals surface area contributed by atoms with E-state index in [-0.39, 0.29) is 29.7 Å². The van der Waals surface area contributed by atoms with Gasteiger partial charge in [0.15, 0.2) is 0 Å². The van der Waals surface area contributed by atoms with E-state index in [1.165, 1.54) is 23.1 Å². The van der Waals surface area contributed by atoms with Gasteiger partial charge in [-0.25, -0.2) is 0 Å². The van der Waals surface area contributed by atoms with E-state index >= 15 is 0 Å². The van der Waals surface area contributed by atoms with Gasteiger partial charge in [-0.3, -0.25) is 19.7 Å². The van der Waals surface area contributed by atoms with E-state index in [9.17, 15) is 24.8 Å². The molecule has 2 saturated heterocycles. The molecule has 2 aliphatic heterocycles. The first-order valence-electron chi connectivity index (χ1n) is 9.67. The number of nitro benzene ring substituents is 1. The molecule has 2 aromatic carbocycles. The van der Waals surface area contributed by atoms with Crippen LogP contribution in [-0.4, -0.2) is 45.9 Å². The Morgan fingerprint density at radius 2 is 1.93 bits per heavy atom. The molecule has 2 aromatic rings. The van der Waals surface area contributed by atoms with Crippen LogP contribution >= 0.6 is 0 Å². The molecule has 30 heavy (non-hydrogen) atoms. The Hall–Kier alpha value is -3.52. The molecule has 2 unspecified atom stereocenters. The van der Waals surface area contributed by atoms with Crippen molar-refractivity contribution in [2.75, 3.05) is 13.2 Å². The number of carbonyl (C=O) groups is 2. The molecule has 1 N–H and O–H groups in total. The highest BCUT2D eigenvalue weighted by Crippen LogP contribution is 2.40. The van der Waals surface area contributed by atoms with Crippen LogP contribution in [0, 0.1) is 10.1 Å². The van der Waals surface area contributed by atoms with Gasteiger partial charge in [0.2, 0.25) is 0 Å². The first-order valence-corrected chi connectivity index (χ1v) is 9.67. The lowest BCUT2D eigenvalue weighted by Gasteiger charge is -2.27. The average molecular weight is 408 g/mol. The Kier molecular flexibility index (Phi) is 5.33. The third-order valence-corrected chi connectivity index (χ3v) is 5.41. The van der Waals surface area contributed by atoms with E-state index in [4.69, 9.17) is 4.74 Å². The molecule has 0 saturated carbocycles. The molecule has 0 aromatic heterocycles. The maximum atomic E-state index is 12.9. The van der Waals surface area contributed by atoms with Crippen molar-refractivity contribution in [3.05, 3.63) is 81.4 Å². The summed E-state index contributed by atoms with van der Waals surface area (Å²) < 4.78 is 5.63. The molecule has 154 valence electrons. The number of Topliss-reactive ketones (excluding diaryl/α,β-unsaturated/α-hetero) is 1. The van der Waals surface area contributed by atoms with Crippen molar-refractivity contribution in [2.45, 2.75) is 25.0 Å². The van der Waals surface area contributed by atoms with Gasteiger partial charge >= 0.3 is 0 Å². The number of nitro groups is 1. The Morgan fingerprint density at radius 3 is 2.60 bits per heavy atom. The molecule has 2 aliphatic rings. The number of hydrogen-bond acceptors (Lipinski definition) is 6. The summed E-state index contributed by atoms with van der Waals surface area (Å²) >= 11 is 0. The topological polar surface area (TPSA) is 110 Å². The smallest absolute Gasteiger partial charge is 0.295 e. The zero-order valence-corrected chi connectivity index (χ0v) is 16.1. The number of nitrogens with zero attached hydrogens (tertiary/aromatic N) is 2. The van der Waals surface area contributed by atoms with Crippen LogP contribution in [0.15, 0.2) is 60.2 Å². The van der Waals surface area contributed by atoms with Gasteiger partial charge in [-0.1, -0.05) is 42.5 Å².